The lowest BCUT2D eigenvalue weighted by molar-refractivity contribution is -0.108. The number of para-hydroxylation sites is 1. The summed E-state index contributed by atoms with van der Waals surface area (Å²) >= 11 is 5.67. The van der Waals surface area contributed by atoms with Gasteiger partial charge in [-0.1, -0.05) is 17.7 Å². The molecule has 31 heavy (non-hydrogen) atoms. The summed E-state index contributed by atoms with van der Waals surface area (Å²) in [5, 5.41) is 21.4. The van der Waals surface area contributed by atoms with E-state index in [4.69, 9.17) is 16.3 Å². The Morgan fingerprint density at radius 2 is 2.03 bits per heavy atom. The van der Waals surface area contributed by atoms with Crippen molar-refractivity contribution in [3.63, 3.8) is 0 Å². The van der Waals surface area contributed by atoms with E-state index in [9.17, 15) is 23.8 Å². The lowest BCUT2D eigenvalue weighted by Crippen LogP contribution is -2.58. The Hall–Kier alpha value is -2.75. The molecular formula is C21H20ClF2N3O4. The molecule has 1 saturated heterocycles. The first-order chi connectivity index (χ1) is 14.7. The van der Waals surface area contributed by atoms with Gasteiger partial charge in [0.05, 0.1) is 11.7 Å². The summed E-state index contributed by atoms with van der Waals surface area (Å²) in [5.41, 5.74) is -1.22. The Morgan fingerprint density at radius 3 is 2.71 bits per heavy atom. The van der Waals surface area contributed by atoms with Gasteiger partial charge in [0.1, 0.15) is 35.3 Å². The van der Waals surface area contributed by atoms with E-state index < -0.39 is 23.3 Å². The van der Waals surface area contributed by atoms with Gasteiger partial charge in [-0.05, 0) is 30.7 Å². The van der Waals surface area contributed by atoms with Gasteiger partial charge in [-0.3, -0.25) is 4.79 Å². The zero-order valence-corrected chi connectivity index (χ0v) is 17.3. The highest BCUT2D eigenvalue weighted by Gasteiger charge is 2.42. The number of β-amino-alcohol motifs (C(OH)–C–C–N with tert-alkyl or cyclic N) is 1. The van der Waals surface area contributed by atoms with Crippen LogP contribution in [0.25, 0.3) is 11.0 Å². The third-order valence-corrected chi connectivity index (χ3v) is 5.80. The summed E-state index contributed by atoms with van der Waals surface area (Å²) in [4.78, 5) is 17.2. The van der Waals surface area contributed by atoms with Gasteiger partial charge in [-0.2, -0.15) is 0 Å². The lowest BCUT2D eigenvalue weighted by atomic mass is 9.89. The molecule has 1 aromatic heterocycles. The molecule has 1 fully saturated rings. The second kappa shape index (κ2) is 8.07. The molecule has 0 aliphatic carbocycles. The Labute approximate surface area is 181 Å². The van der Waals surface area contributed by atoms with Crippen molar-refractivity contribution in [1.82, 2.24) is 9.55 Å². The second-order valence-electron chi connectivity index (χ2n) is 7.60. The standard InChI is InChI=1S/C21H20ClF2N3O4/c1-26-15-3-2-4-16(19(15)25-9-18(26)29)31-11-21(30)5-6-27(10-17(21)28)20-13(23)7-12(22)8-14(20)24/h2-4,7-9,17,28,30H,5-6,10-11H2,1H3/t17-,21-/m1/s1. The molecule has 164 valence electrons. The molecule has 2 aromatic carbocycles. The Balaban J connectivity index is 1.52. The molecule has 10 heteroatoms. The minimum absolute atomic E-state index is 0.00630. The monoisotopic (exact) mass is 451 g/mol. The Kier molecular flexibility index (Phi) is 5.59. The summed E-state index contributed by atoms with van der Waals surface area (Å²) in [6, 6.07) is 7.04. The number of rotatable bonds is 4. The predicted octanol–water partition coefficient (Wildman–Crippen LogP) is 2.25. The van der Waals surface area contributed by atoms with Crippen molar-refractivity contribution in [2.24, 2.45) is 7.05 Å². The molecule has 1 aliphatic rings. The first kappa shape index (κ1) is 21.5. The molecule has 0 spiro atoms. The molecule has 0 amide bonds. The molecule has 0 saturated carbocycles. The fourth-order valence-electron chi connectivity index (χ4n) is 3.73. The Morgan fingerprint density at radius 1 is 1.32 bits per heavy atom. The molecule has 0 bridgehead atoms. The molecular weight excluding hydrogens is 432 g/mol. The number of ether oxygens (including phenoxy) is 1. The second-order valence-corrected chi connectivity index (χ2v) is 8.04. The topological polar surface area (TPSA) is 87.8 Å². The molecule has 2 atom stereocenters. The fourth-order valence-corrected chi connectivity index (χ4v) is 3.92. The van der Waals surface area contributed by atoms with E-state index in [1.165, 1.54) is 15.7 Å². The zero-order valence-electron chi connectivity index (χ0n) is 16.6. The molecule has 1 aliphatic heterocycles. The van der Waals surface area contributed by atoms with Gasteiger partial charge in [0.2, 0.25) is 0 Å². The largest absolute Gasteiger partial charge is 0.488 e. The number of hydrogen-bond acceptors (Lipinski definition) is 6. The van der Waals surface area contributed by atoms with Crippen LogP contribution in [0, 0.1) is 11.6 Å². The maximum absolute atomic E-state index is 14.2. The number of aryl methyl sites for hydroxylation is 1. The first-order valence-corrected chi connectivity index (χ1v) is 9.95. The highest BCUT2D eigenvalue weighted by molar-refractivity contribution is 6.30. The predicted molar refractivity (Wildman–Crippen MR) is 112 cm³/mol. The van der Waals surface area contributed by atoms with Crippen LogP contribution in [0.15, 0.2) is 41.3 Å². The van der Waals surface area contributed by atoms with Crippen molar-refractivity contribution >= 4 is 28.3 Å². The lowest BCUT2D eigenvalue weighted by Gasteiger charge is -2.42. The average molecular weight is 452 g/mol. The van der Waals surface area contributed by atoms with Crippen LogP contribution < -0.4 is 15.2 Å². The maximum Gasteiger partial charge on any atom is 0.269 e. The van der Waals surface area contributed by atoms with E-state index in [0.29, 0.717) is 16.8 Å². The van der Waals surface area contributed by atoms with E-state index in [1.54, 1.807) is 25.2 Å². The molecule has 7 nitrogen and oxygen atoms in total. The number of piperidine rings is 1. The number of aliphatic hydroxyl groups is 2. The SMILES string of the molecule is Cn1c(=O)cnc2c(OC[C@]3(O)CCN(c4c(F)cc(Cl)cc4F)C[C@H]3O)cccc21. The quantitative estimate of drug-likeness (QED) is 0.632. The van der Waals surface area contributed by atoms with Crippen LogP contribution in [-0.2, 0) is 7.05 Å². The fraction of sp³-hybridized carbons (Fsp3) is 0.333. The van der Waals surface area contributed by atoms with Crippen LogP contribution in [0.4, 0.5) is 14.5 Å². The number of fused-ring (bicyclic) bond motifs is 1. The van der Waals surface area contributed by atoms with Gasteiger partial charge in [0.25, 0.3) is 5.56 Å². The highest BCUT2D eigenvalue weighted by Crippen LogP contribution is 2.33. The highest BCUT2D eigenvalue weighted by atomic mass is 35.5. The number of anilines is 1. The van der Waals surface area contributed by atoms with Crippen molar-refractivity contribution in [3.8, 4) is 5.75 Å². The van der Waals surface area contributed by atoms with Gasteiger partial charge in [-0.15, -0.1) is 0 Å². The van der Waals surface area contributed by atoms with Crippen molar-refractivity contribution in [1.29, 1.82) is 0 Å². The minimum atomic E-state index is -1.64. The average Bonchev–Trinajstić information content (AvgIpc) is 2.71. The number of hydrogen-bond donors (Lipinski definition) is 2. The summed E-state index contributed by atoms with van der Waals surface area (Å²) in [5.74, 6) is -1.34. The third kappa shape index (κ3) is 3.96. The number of benzene rings is 2. The van der Waals surface area contributed by atoms with Crippen molar-refractivity contribution in [2.45, 2.75) is 18.1 Å². The van der Waals surface area contributed by atoms with E-state index in [2.05, 4.69) is 4.98 Å². The number of nitrogens with zero attached hydrogens (tertiary/aromatic N) is 3. The van der Waals surface area contributed by atoms with E-state index in [0.717, 1.165) is 12.1 Å². The molecule has 0 unspecified atom stereocenters. The maximum atomic E-state index is 14.2. The van der Waals surface area contributed by atoms with Gasteiger partial charge < -0.3 is 24.4 Å². The van der Waals surface area contributed by atoms with Gasteiger partial charge >= 0.3 is 0 Å². The normalized spacial score (nSPS) is 21.5. The number of halogens is 3. The smallest absolute Gasteiger partial charge is 0.269 e. The van der Waals surface area contributed by atoms with Crippen LogP contribution in [0.3, 0.4) is 0 Å². The molecule has 4 rings (SSSR count). The summed E-state index contributed by atoms with van der Waals surface area (Å²) in [7, 11) is 1.61. The van der Waals surface area contributed by atoms with E-state index in [-0.39, 0.29) is 42.4 Å². The van der Waals surface area contributed by atoms with Crippen LogP contribution in [0.2, 0.25) is 5.02 Å². The Bertz CT molecular complexity index is 1180. The summed E-state index contributed by atoms with van der Waals surface area (Å²) in [6.45, 7) is -0.372. The number of aliphatic hydroxyl groups excluding tert-OH is 1. The third-order valence-electron chi connectivity index (χ3n) is 5.58. The summed E-state index contributed by atoms with van der Waals surface area (Å²) < 4.78 is 35.6. The van der Waals surface area contributed by atoms with E-state index in [1.807, 2.05) is 0 Å². The van der Waals surface area contributed by atoms with Gasteiger partial charge in [0, 0.05) is 25.2 Å². The van der Waals surface area contributed by atoms with Crippen molar-refractivity contribution < 1.29 is 23.7 Å². The van der Waals surface area contributed by atoms with Crippen LogP contribution in [-0.4, -0.2) is 51.2 Å². The van der Waals surface area contributed by atoms with Crippen LogP contribution >= 0.6 is 11.6 Å². The van der Waals surface area contributed by atoms with Crippen LogP contribution in [0.1, 0.15) is 6.42 Å². The zero-order chi connectivity index (χ0) is 22.3. The summed E-state index contributed by atoms with van der Waals surface area (Å²) in [6.07, 6.45) is -0.151. The molecule has 2 heterocycles. The molecule has 3 aromatic rings. The van der Waals surface area contributed by atoms with Crippen LogP contribution in [0.5, 0.6) is 5.75 Å². The van der Waals surface area contributed by atoms with E-state index >= 15 is 0 Å². The minimum Gasteiger partial charge on any atom is -0.488 e. The van der Waals surface area contributed by atoms with Gasteiger partial charge in [0.15, 0.2) is 11.6 Å². The number of aromatic nitrogens is 2. The molecule has 2 N–H and O–H groups in total. The van der Waals surface area contributed by atoms with Crippen molar-refractivity contribution in [3.05, 3.63) is 63.5 Å². The molecule has 0 radical (unpaired) electrons. The van der Waals surface area contributed by atoms with Gasteiger partial charge in [-0.25, -0.2) is 13.8 Å². The first-order valence-electron chi connectivity index (χ1n) is 9.57. The van der Waals surface area contributed by atoms with Crippen molar-refractivity contribution in [2.75, 3.05) is 24.6 Å².